The molecule has 120 valence electrons. The molecule has 0 radical (unpaired) electrons. The molecule has 0 N–H and O–H groups in total. The summed E-state index contributed by atoms with van der Waals surface area (Å²) in [6, 6.07) is 0. The van der Waals surface area contributed by atoms with E-state index in [0.29, 0.717) is 36.0 Å². The van der Waals surface area contributed by atoms with Gasteiger partial charge in [0.2, 0.25) is 10.0 Å². The van der Waals surface area contributed by atoms with Crippen LogP contribution in [0.3, 0.4) is 0 Å². The zero-order chi connectivity index (χ0) is 15.6. The van der Waals surface area contributed by atoms with Crippen molar-refractivity contribution in [1.82, 2.24) is 14.1 Å². The SMILES string of the molecule is Cc1nn(C)c(C)c1S(=O)(=O)N1CCC(OCCBr)CC1. The van der Waals surface area contributed by atoms with Crippen LogP contribution in [-0.4, -0.2) is 53.6 Å². The van der Waals surface area contributed by atoms with Crippen LogP contribution in [0.15, 0.2) is 4.90 Å². The lowest BCUT2D eigenvalue weighted by atomic mass is 10.1. The third-order valence-electron chi connectivity index (χ3n) is 3.87. The van der Waals surface area contributed by atoms with Gasteiger partial charge >= 0.3 is 0 Å². The molecule has 0 spiro atoms. The van der Waals surface area contributed by atoms with Crippen molar-refractivity contribution in [3.8, 4) is 0 Å². The number of aromatic nitrogens is 2. The predicted molar refractivity (Wildman–Crippen MR) is 84.2 cm³/mol. The van der Waals surface area contributed by atoms with Crippen LogP contribution >= 0.6 is 15.9 Å². The summed E-state index contributed by atoms with van der Waals surface area (Å²) in [5, 5.41) is 5.01. The van der Waals surface area contributed by atoms with Crippen molar-refractivity contribution in [2.75, 3.05) is 25.0 Å². The summed E-state index contributed by atoms with van der Waals surface area (Å²) in [6.45, 7) is 5.20. The minimum absolute atomic E-state index is 0.157. The second-order valence-corrected chi connectivity index (χ2v) is 7.95. The van der Waals surface area contributed by atoms with Crippen LogP contribution in [0, 0.1) is 13.8 Å². The fourth-order valence-corrected chi connectivity index (χ4v) is 4.76. The number of sulfonamides is 1. The number of piperidine rings is 1. The first-order chi connectivity index (χ1) is 9.87. The zero-order valence-corrected chi connectivity index (χ0v) is 15.1. The Balaban J connectivity index is 2.12. The highest BCUT2D eigenvalue weighted by atomic mass is 79.9. The van der Waals surface area contributed by atoms with E-state index >= 15 is 0 Å². The third-order valence-corrected chi connectivity index (χ3v) is 6.35. The third kappa shape index (κ3) is 3.49. The van der Waals surface area contributed by atoms with E-state index < -0.39 is 10.0 Å². The van der Waals surface area contributed by atoms with Gasteiger partial charge in [0.25, 0.3) is 0 Å². The van der Waals surface area contributed by atoms with Crippen LogP contribution < -0.4 is 0 Å². The minimum atomic E-state index is -3.46. The van der Waals surface area contributed by atoms with E-state index in [2.05, 4.69) is 21.0 Å². The number of hydrogen-bond acceptors (Lipinski definition) is 4. The van der Waals surface area contributed by atoms with E-state index in [-0.39, 0.29) is 6.10 Å². The molecule has 1 saturated heterocycles. The normalized spacial score (nSPS) is 18.3. The Kier molecular flexibility index (Phi) is 5.45. The Morgan fingerprint density at radius 3 is 2.43 bits per heavy atom. The number of halogens is 1. The predicted octanol–water partition coefficient (Wildman–Crippen LogP) is 1.60. The first-order valence-corrected chi connectivity index (χ1v) is 9.62. The Hall–Kier alpha value is -0.440. The van der Waals surface area contributed by atoms with E-state index in [0.717, 1.165) is 18.2 Å². The van der Waals surface area contributed by atoms with Crippen LogP contribution in [-0.2, 0) is 21.8 Å². The molecule has 0 aliphatic carbocycles. The largest absolute Gasteiger partial charge is 0.377 e. The van der Waals surface area contributed by atoms with Crippen molar-refractivity contribution < 1.29 is 13.2 Å². The summed E-state index contributed by atoms with van der Waals surface area (Å²) in [5.74, 6) is 0. The van der Waals surface area contributed by atoms with Gasteiger partial charge in [0.05, 0.1) is 24.1 Å². The maximum absolute atomic E-state index is 12.8. The van der Waals surface area contributed by atoms with Crippen molar-refractivity contribution in [3.05, 3.63) is 11.4 Å². The molecule has 6 nitrogen and oxygen atoms in total. The van der Waals surface area contributed by atoms with E-state index in [4.69, 9.17) is 4.74 Å². The number of ether oxygens (including phenoxy) is 1. The molecule has 0 aromatic carbocycles. The van der Waals surface area contributed by atoms with Gasteiger partial charge in [0.15, 0.2) is 0 Å². The van der Waals surface area contributed by atoms with Gasteiger partial charge < -0.3 is 4.74 Å². The summed E-state index contributed by atoms with van der Waals surface area (Å²) >= 11 is 3.33. The van der Waals surface area contributed by atoms with Gasteiger partial charge in [-0.1, -0.05) is 15.9 Å². The molecule has 2 heterocycles. The van der Waals surface area contributed by atoms with Gasteiger partial charge in [-0.2, -0.15) is 9.40 Å². The Labute approximate surface area is 134 Å². The average molecular weight is 380 g/mol. The van der Waals surface area contributed by atoms with Crippen LogP contribution in [0.1, 0.15) is 24.2 Å². The summed E-state index contributed by atoms with van der Waals surface area (Å²) < 4.78 is 34.4. The van der Waals surface area contributed by atoms with E-state index in [9.17, 15) is 8.42 Å². The molecule has 0 unspecified atom stereocenters. The van der Waals surface area contributed by atoms with Crippen molar-refractivity contribution in [1.29, 1.82) is 0 Å². The Morgan fingerprint density at radius 1 is 1.33 bits per heavy atom. The number of rotatable bonds is 5. The molecule has 1 aromatic heterocycles. The molecule has 0 amide bonds. The number of hydrogen-bond donors (Lipinski definition) is 0. The number of alkyl halides is 1. The lowest BCUT2D eigenvalue weighted by Gasteiger charge is -2.31. The fraction of sp³-hybridized carbons (Fsp3) is 0.769. The highest BCUT2D eigenvalue weighted by Gasteiger charge is 2.33. The quantitative estimate of drug-likeness (QED) is 0.728. The molecular formula is C13H22BrN3O3S. The Bertz CT molecular complexity index is 592. The van der Waals surface area contributed by atoms with E-state index in [1.54, 1.807) is 29.9 Å². The smallest absolute Gasteiger partial charge is 0.246 e. The molecule has 1 aromatic rings. The first-order valence-electron chi connectivity index (χ1n) is 7.06. The van der Waals surface area contributed by atoms with Crippen molar-refractivity contribution in [3.63, 3.8) is 0 Å². The standard InChI is InChI=1S/C13H22BrN3O3S/c1-10-13(11(2)16(3)15-10)21(18,19)17-7-4-12(5-8-17)20-9-6-14/h12H,4-9H2,1-3H3. The lowest BCUT2D eigenvalue weighted by molar-refractivity contribution is 0.0309. The summed E-state index contributed by atoms with van der Waals surface area (Å²) in [5.41, 5.74) is 1.25. The fourth-order valence-electron chi connectivity index (χ4n) is 2.71. The second kappa shape index (κ2) is 6.76. The van der Waals surface area contributed by atoms with Gasteiger partial charge in [-0.05, 0) is 26.7 Å². The molecule has 8 heteroatoms. The van der Waals surface area contributed by atoms with E-state index in [1.807, 2.05) is 0 Å². The highest BCUT2D eigenvalue weighted by Crippen LogP contribution is 2.26. The maximum atomic E-state index is 12.8. The minimum Gasteiger partial charge on any atom is -0.377 e. The van der Waals surface area contributed by atoms with Gasteiger partial charge in [-0.3, -0.25) is 4.68 Å². The van der Waals surface area contributed by atoms with Crippen molar-refractivity contribution >= 4 is 26.0 Å². The Morgan fingerprint density at radius 2 is 1.95 bits per heavy atom. The van der Waals surface area contributed by atoms with Crippen molar-refractivity contribution in [2.24, 2.45) is 7.05 Å². The molecule has 1 fully saturated rings. The summed E-state index contributed by atoms with van der Waals surface area (Å²) in [4.78, 5) is 0.352. The lowest BCUT2D eigenvalue weighted by Crippen LogP contribution is -2.41. The molecule has 1 aliphatic rings. The van der Waals surface area contributed by atoms with Crippen LogP contribution in [0.2, 0.25) is 0 Å². The van der Waals surface area contributed by atoms with Gasteiger partial charge in [-0.25, -0.2) is 8.42 Å². The van der Waals surface area contributed by atoms with Gasteiger partial charge in [0, 0.05) is 25.5 Å². The van der Waals surface area contributed by atoms with Crippen molar-refractivity contribution in [2.45, 2.75) is 37.7 Å². The molecular weight excluding hydrogens is 358 g/mol. The van der Waals surface area contributed by atoms with E-state index in [1.165, 1.54) is 0 Å². The topological polar surface area (TPSA) is 64.4 Å². The number of nitrogens with zero attached hydrogens (tertiary/aromatic N) is 3. The second-order valence-electron chi connectivity index (χ2n) is 5.29. The monoisotopic (exact) mass is 379 g/mol. The molecule has 21 heavy (non-hydrogen) atoms. The van der Waals surface area contributed by atoms with Crippen LogP contribution in [0.4, 0.5) is 0 Å². The first kappa shape index (κ1) is 16.9. The molecule has 0 saturated carbocycles. The molecule has 0 atom stereocenters. The zero-order valence-electron chi connectivity index (χ0n) is 12.7. The van der Waals surface area contributed by atoms with Gasteiger partial charge in [0.1, 0.15) is 4.90 Å². The maximum Gasteiger partial charge on any atom is 0.246 e. The van der Waals surface area contributed by atoms with Crippen LogP contribution in [0.5, 0.6) is 0 Å². The highest BCUT2D eigenvalue weighted by molar-refractivity contribution is 9.09. The van der Waals surface area contributed by atoms with Gasteiger partial charge in [-0.15, -0.1) is 0 Å². The molecule has 1 aliphatic heterocycles. The van der Waals surface area contributed by atoms with Crippen LogP contribution in [0.25, 0.3) is 0 Å². The summed E-state index contributed by atoms with van der Waals surface area (Å²) in [6.07, 6.45) is 1.64. The molecule has 2 rings (SSSR count). The summed E-state index contributed by atoms with van der Waals surface area (Å²) in [7, 11) is -1.70. The average Bonchev–Trinajstić information content (AvgIpc) is 2.70. The molecule has 0 bridgehead atoms. The number of aryl methyl sites for hydroxylation is 2.